The summed E-state index contributed by atoms with van der Waals surface area (Å²) in [6.45, 7) is 4.13. The van der Waals surface area contributed by atoms with Crippen molar-refractivity contribution in [1.29, 1.82) is 0 Å². The van der Waals surface area contributed by atoms with Gasteiger partial charge in [0.1, 0.15) is 11.5 Å². The van der Waals surface area contributed by atoms with Gasteiger partial charge in [-0.1, -0.05) is 83.4 Å². The van der Waals surface area contributed by atoms with Gasteiger partial charge >= 0.3 is 7.12 Å². The van der Waals surface area contributed by atoms with E-state index in [-0.39, 0.29) is 0 Å². The van der Waals surface area contributed by atoms with Crippen molar-refractivity contribution < 1.29 is 19.5 Å². The molecule has 0 unspecified atom stereocenters. The smallest absolute Gasteiger partial charge is 0.488 e. The Labute approximate surface area is 207 Å². The first kappa shape index (κ1) is 27.0. The maximum absolute atomic E-state index is 8.70. The lowest BCUT2D eigenvalue weighted by molar-refractivity contribution is 0.414. The van der Waals surface area contributed by atoms with Crippen molar-refractivity contribution in [3.05, 3.63) is 113 Å². The minimum Gasteiger partial charge on any atom is -0.497 e. The number of hydrogen-bond acceptors (Lipinski definition) is 4. The molecule has 0 amide bonds. The fourth-order valence-electron chi connectivity index (χ4n) is 2.84. The lowest BCUT2D eigenvalue weighted by Gasteiger charge is -2.03. The Bertz CT molecular complexity index is 1070. The van der Waals surface area contributed by atoms with Crippen LogP contribution in [-0.2, 0) is 0 Å². The Morgan fingerprint density at radius 2 is 0.912 bits per heavy atom. The predicted molar refractivity (Wildman–Crippen MR) is 142 cm³/mol. The second-order valence-corrected chi connectivity index (χ2v) is 7.97. The highest BCUT2D eigenvalue weighted by molar-refractivity contribution is 6.58. The van der Waals surface area contributed by atoms with E-state index >= 15 is 0 Å². The number of methoxy groups -OCH3 is 2. The van der Waals surface area contributed by atoms with Crippen LogP contribution in [0.2, 0.25) is 5.02 Å². The summed E-state index contributed by atoms with van der Waals surface area (Å²) >= 11 is 5.61. The molecule has 0 aliphatic rings. The van der Waals surface area contributed by atoms with Gasteiger partial charge in [0.05, 0.1) is 14.2 Å². The molecule has 0 aromatic heterocycles. The molecule has 0 bridgehead atoms. The monoisotopic (exact) mass is 476 g/mol. The number of hydrogen-bond donors (Lipinski definition) is 2. The Morgan fingerprint density at radius 1 is 0.559 bits per heavy atom. The van der Waals surface area contributed by atoms with Crippen molar-refractivity contribution in [1.82, 2.24) is 0 Å². The van der Waals surface area contributed by atoms with E-state index in [1.165, 1.54) is 22.3 Å². The van der Waals surface area contributed by atoms with E-state index in [2.05, 4.69) is 43.3 Å². The number of ether oxygens (including phenoxy) is 2. The van der Waals surface area contributed by atoms with Crippen molar-refractivity contribution >= 4 is 24.2 Å². The van der Waals surface area contributed by atoms with Gasteiger partial charge in [0.15, 0.2) is 0 Å². The fraction of sp³-hybridized carbons (Fsp3) is 0.143. The molecule has 4 aromatic rings. The number of aryl methyl sites for hydroxylation is 2. The van der Waals surface area contributed by atoms with Crippen LogP contribution < -0.4 is 14.9 Å². The van der Waals surface area contributed by atoms with E-state index in [1.807, 2.05) is 43.3 Å². The second-order valence-electron chi connectivity index (χ2n) is 7.54. The van der Waals surface area contributed by atoms with Crippen LogP contribution in [0.5, 0.6) is 11.5 Å². The Morgan fingerprint density at radius 3 is 1.26 bits per heavy atom. The molecule has 0 spiro atoms. The summed E-state index contributed by atoms with van der Waals surface area (Å²) in [6.07, 6.45) is 0. The largest absolute Gasteiger partial charge is 0.497 e. The molecule has 176 valence electrons. The molecule has 0 saturated carbocycles. The zero-order valence-electron chi connectivity index (χ0n) is 19.9. The van der Waals surface area contributed by atoms with Gasteiger partial charge < -0.3 is 19.5 Å². The maximum Gasteiger partial charge on any atom is 0.488 e. The summed E-state index contributed by atoms with van der Waals surface area (Å²) in [6, 6.07) is 30.9. The van der Waals surface area contributed by atoms with Crippen molar-refractivity contribution in [3.8, 4) is 22.6 Å². The molecule has 0 aliphatic carbocycles. The summed E-state index contributed by atoms with van der Waals surface area (Å²) in [4.78, 5) is 0. The van der Waals surface area contributed by atoms with E-state index in [1.54, 1.807) is 38.5 Å². The molecule has 4 rings (SSSR count). The number of benzene rings is 4. The molecular weight excluding hydrogens is 447 g/mol. The van der Waals surface area contributed by atoms with Crippen LogP contribution in [0.1, 0.15) is 11.1 Å². The van der Waals surface area contributed by atoms with Crippen molar-refractivity contribution in [2.24, 2.45) is 0 Å². The molecule has 0 heterocycles. The molecule has 0 atom stereocenters. The molecule has 6 heteroatoms. The summed E-state index contributed by atoms with van der Waals surface area (Å²) in [5.41, 5.74) is 5.45. The lowest BCUT2D eigenvalue weighted by atomic mass is 9.80. The SMILES string of the molecule is COc1ccc(-c2ccc(C)cc2)cc1.COc1ccc(B(O)O)cc1.Cc1ccc(Cl)cc1. The molecule has 34 heavy (non-hydrogen) atoms. The van der Waals surface area contributed by atoms with Gasteiger partial charge in [0.2, 0.25) is 0 Å². The topological polar surface area (TPSA) is 58.9 Å². The van der Waals surface area contributed by atoms with Crippen LogP contribution >= 0.6 is 11.6 Å². The molecular formula is C28H30BClO4. The number of rotatable bonds is 4. The normalized spacial score (nSPS) is 9.62. The average Bonchev–Trinajstić information content (AvgIpc) is 2.87. The first-order valence-electron chi connectivity index (χ1n) is 10.8. The molecule has 0 aliphatic heterocycles. The molecule has 0 saturated heterocycles. The van der Waals surface area contributed by atoms with Crippen LogP contribution in [0.15, 0.2) is 97.1 Å². The van der Waals surface area contributed by atoms with E-state index < -0.39 is 7.12 Å². The van der Waals surface area contributed by atoms with Crippen LogP contribution in [0, 0.1) is 13.8 Å². The second kappa shape index (κ2) is 14.1. The molecule has 4 aromatic carbocycles. The quantitative estimate of drug-likeness (QED) is 0.371. The third-order valence-electron chi connectivity index (χ3n) is 4.90. The van der Waals surface area contributed by atoms with Crippen molar-refractivity contribution in [3.63, 3.8) is 0 Å². The lowest BCUT2D eigenvalue weighted by Crippen LogP contribution is -2.29. The van der Waals surface area contributed by atoms with Crippen LogP contribution in [0.25, 0.3) is 11.1 Å². The van der Waals surface area contributed by atoms with Gasteiger partial charge in [-0.15, -0.1) is 0 Å². The van der Waals surface area contributed by atoms with E-state index in [0.29, 0.717) is 11.2 Å². The predicted octanol–water partition coefficient (Wildman–Crippen LogP) is 5.69. The summed E-state index contributed by atoms with van der Waals surface area (Å²) in [5, 5.41) is 18.2. The van der Waals surface area contributed by atoms with Gasteiger partial charge in [-0.25, -0.2) is 0 Å². The fourth-order valence-corrected chi connectivity index (χ4v) is 2.96. The van der Waals surface area contributed by atoms with Crippen LogP contribution in [0.3, 0.4) is 0 Å². The van der Waals surface area contributed by atoms with Gasteiger partial charge in [-0.2, -0.15) is 0 Å². The Balaban J connectivity index is 0.000000190. The van der Waals surface area contributed by atoms with Crippen LogP contribution in [-0.4, -0.2) is 31.4 Å². The minimum absolute atomic E-state index is 0.464. The zero-order valence-corrected chi connectivity index (χ0v) is 20.7. The third kappa shape index (κ3) is 9.32. The Hall–Kier alpha value is -3.25. The molecule has 2 N–H and O–H groups in total. The summed E-state index contributed by atoms with van der Waals surface area (Å²) < 4.78 is 10.0. The first-order chi connectivity index (χ1) is 16.3. The van der Waals surface area contributed by atoms with E-state index in [4.69, 9.17) is 31.1 Å². The third-order valence-corrected chi connectivity index (χ3v) is 5.15. The molecule has 4 nitrogen and oxygen atoms in total. The molecule has 0 radical (unpaired) electrons. The average molecular weight is 477 g/mol. The molecule has 0 fully saturated rings. The van der Waals surface area contributed by atoms with Gasteiger partial charge in [0.25, 0.3) is 0 Å². The van der Waals surface area contributed by atoms with E-state index in [9.17, 15) is 0 Å². The zero-order chi connectivity index (χ0) is 24.9. The highest BCUT2D eigenvalue weighted by Gasteiger charge is 2.09. The van der Waals surface area contributed by atoms with Gasteiger partial charge in [0, 0.05) is 5.02 Å². The summed E-state index contributed by atoms with van der Waals surface area (Å²) in [5.74, 6) is 1.60. The highest BCUT2D eigenvalue weighted by Crippen LogP contribution is 2.22. The van der Waals surface area contributed by atoms with Crippen molar-refractivity contribution in [2.45, 2.75) is 13.8 Å². The van der Waals surface area contributed by atoms with Gasteiger partial charge in [-0.3, -0.25) is 0 Å². The Kier molecular flexibility index (Phi) is 11.2. The highest BCUT2D eigenvalue weighted by atomic mass is 35.5. The minimum atomic E-state index is -1.40. The number of halogens is 1. The van der Waals surface area contributed by atoms with Gasteiger partial charge in [-0.05, 0) is 66.8 Å². The van der Waals surface area contributed by atoms with E-state index in [0.717, 1.165) is 10.8 Å². The maximum atomic E-state index is 8.70. The van der Waals surface area contributed by atoms with Crippen molar-refractivity contribution in [2.75, 3.05) is 14.2 Å². The first-order valence-corrected chi connectivity index (χ1v) is 11.1. The van der Waals surface area contributed by atoms with Crippen LogP contribution in [0.4, 0.5) is 0 Å². The standard InChI is InChI=1S/C14H14O.C7H9BO3.C7H7Cl/c1-11-3-5-12(6-4-11)13-7-9-14(15-2)10-8-13;1-11-7-4-2-6(3-5-7)8(9)10;1-6-2-4-7(8)5-3-6/h3-10H,1-2H3;2-5,9-10H,1H3;2-5H,1H3. The summed E-state index contributed by atoms with van der Waals surface area (Å²) in [7, 11) is 1.84.